The van der Waals surface area contributed by atoms with Gasteiger partial charge in [-0.2, -0.15) is 0 Å². The normalized spacial score (nSPS) is 10.4. The summed E-state index contributed by atoms with van der Waals surface area (Å²) in [7, 11) is 0. The molecule has 2 heteroatoms. The molecular weight excluding hydrogens is 188 g/mol. The first kappa shape index (κ1) is 11.8. The maximum absolute atomic E-state index is 11.7. The maximum Gasteiger partial charge on any atom is 0.338 e. The highest BCUT2D eigenvalue weighted by atomic mass is 16.5. The van der Waals surface area contributed by atoms with E-state index in [9.17, 15) is 4.79 Å². The summed E-state index contributed by atoms with van der Waals surface area (Å²) >= 11 is 0. The van der Waals surface area contributed by atoms with Crippen LogP contribution in [-0.4, -0.2) is 12.6 Å². The number of rotatable bonds is 4. The highest BCUT2D eigenvalue weighted by Gasteiger charge is 2.13. The topological polar surface area (TPSA) is 26.3 Å². The third-order valence-electron chi connectivity index (χ3n) is 2.24. The van der Waals surface area contributed by atoms with Gasteiger partial charge in [-0.25, -0.2) is 4.79 Å². The Morgan fingerprint density at radius 1 is 1.33 bits per heavy atom. The van der Waals surface area contributed by atoms with Crippen molar-refractivity contribution in [3.63, 3.8) is 0 Å². The molecule has 82 valence electrons. The highest BCUT2D eigenvalue weighted by Crippen LogP contribution is 2.19. The molecule has 0 heterocycles. The quantitative estimate of drug-likeness (QED) is 0.706. The molecule has 1 aromatic carbocycles. The Labute approximate surface area is 91.3 Å². The molecule has 0 aromatic heterocycles. The van der Waals surface area contributed by atoms with Crippen molar-refractivity contribution in [3.8, 4) is 0 Å². The summed E-state index contributed by atoms with van der Waals surface area (Å²) in [5, 5.41) is 0. The minimum Gasteiger partial charge on any atom is -0.462 e. The van der Waals surface area contributed by atoms with E-state index < -0.39 is 0 Å². The molecule has 0 bridgehead atoms. The number of carbonyl (C=O) groups is 1. The van der Waals surface area contributed by atoms with E-state index in [-0.39, 0.29) is 5.97 Å². The molecule has 0 saturated heterocycles. The van der Waals surface area contributed by atoms with Crippen LogP contribution in [0.15, 0.2) is 24.3 Å². The molecule has 0 fully saturated rings. The maximum atomic E-state index is 11.7. The lowest BCUT2D eigenvalue weighted by Crippen LogP contribution is -2.09. The summed E-state index contributed by atoms with van der Waals surface area (Å²) in [5.41, 5.74) is 1.75. The van der Waals surface area contributed by atoms with E-state index in [1.54, 1.807) is 0 Å². The molecule has 0 unspecified atom stereocenters. The Morgan fingerprint density at radius 3 is 2.60 bits per heavy atom. The van der Waals surface area contributed by atoms with Crippen molar-refractivity contribution in [2.45, 2.75) is 33.1 Å². The monoisotopic (exact) mass is 206 g/mol. The van der Waals surface area contributed by atoms with Gasteiger partial charge in [0.1, 0.15) is 0 Å². The van der Waals surface area contributed by atoms with Crippen LogP contribution in [0.1, 0.15) is 49.0 Å². The van der Waals surface area contributed by atoms with Crippen LogP contribution in [0.4, 0.5) is 0 Å². The van der Waals surface area contributed by atoms with Crippen LogP contribution in [0.2, 0.25) is 0 Å². The largest absolute Gasteiger partial charge is 0.462 e. The van der Waals surface area contributed by atoms with Crippen LogP contribution in [0.25, 0.3) is 0 Å². The molecule has 0 aliphatic heterocycles. The van der Waals surface area contributed by atoms with Crippen molar-refractivity contribution >= 4 is 5.97 Å². The molecule has 2 nitrogen and oxygen atoms in total. The van der Waals surface area contributed by atoms with Crippen LogP contribution in [0.5, 0.6) is 0 Å². The lowest BCUT2D eigenvalue weighted by atomic mass is 9.97. The first-order valence-electron chi connectivity index (χ1n) is 5.42. The molecule has 0 radical (unpaired) electrons. The Hall–Kier alpha value is -1.31. The first-order valence-corrected chi connectivity index (χ1v) is 5.42. The molecule has 0 aliphatic carbocycles. The molecule has 0 spiro atoms. The van der Waals surface area contributed by atoms with E-state index in [1.807, 2.05) is 31.2 Å². The molecule has 0 atom stereocenters. The first-order chi connectivity index (χ1) is 7.16. The van der Waals surface area contributed by atoms with Crippen molar-refractivity contribution < 1.29 is 9.53 Å². The van der Waals surface area contributed by atoms with Gasteiger partial charge in [0.15, 0.2) is 0 Å². The van der Waals surface area contributed by atoms with Crippen molar-refractivity contribution in [2.75, 3.05) is 6.61 Å². The van der Waals surface area contributed by atoms with Gasteiger partial charge in [-0.3, -0.25) is 0 Å². The molecule has 1 rings (SSSR count). The number of esters is 1. The van der Waals surface area contributed by atoms with Gasteiger partial charge >= 0.3 is 5.97 Å². The lowest BCUT2D eigenvalue weighted by Gasteiger charge is -2.11. The summed E-state index contributed by atoms with van der Waals surface area (Å²) in [5.74, 6) is 0.136. The minimum absolute atomic E-state index is 0.207. The summed E-state index contributed by atoms with van der Waals surface area (Å²) in [6.45, 7) is 6.63. The Balaban J connectivity index is 2.87. The van der Waals surface area contributed by atoms with Crippen LogP contribution in [0, 0.1) is 0 Å². The zero-order valence-electron chi connectivity index (χ0n) is 9.62. The predicted octanol–water partition coefficient (Wildman–Crippen LogP) is 3.38. The molecule has 0 amide bonds. The van der Waals surface area contributed by atoms with Crippen LogP contribution in [0.3, 0.4) is 0 Å². The fourth-order valence-electron chi connectivity index (χ4n) is 1.46. The molecule has 0 saturated carbocycles. The SMILES string of the molecule is CCCOC(=O)c1ccccc1C(C)C. The van der Waals surface area contributed by atoms with Gasteiger partial charge in [-0.15, -0.1) is 0 Å². The van der Waals surface area contributed by atoms with Crippen LogP contribution < -0.4 is 0 Å². The van der Waals surface area contributed by atoms with E-state index in [4.69, 9.17) is 4.74 Å². The number of hydrogen-bond acceptors (Lipinski definition) is 2. The zero-order chi connectivity index (χ0) is 11.3. The number of ether oxygens (including phenoxy) is 1. The van der Waals surface area contributed by atoms with E-state index in [1.165, 1.54) is 0 Å². The van der Waals surface area contributed by atoms with E-state index >= 15 is 0 Å². The van der Waals surface area contributed by atoms with E-state index in [0.29, 0.717) is 18.1 Å². The molecule has 0 aliphatic rings. The summed E-state index contributed by atoms with van der Waals surface area (Å²) in [6, 6.07) is 7.63. The fourth-order valence-corrected chi connectivity index (χ4v) is 1.46. The molecule has 15 heavy (non-hydrogen) atoms. The number of hydrogen-bond donors (Lipinski definition) is 0. The van der Waals surface area contributed by atoms with Gasteiger partial charge in [-0.1, -0.05) is 39.0 Å². The fraction of sp³-hybridized carbons (Fsp3) is 0.462. The summed E-state index contributed by atoms with van der Waals surface area (Å²) < 4.78 is 5.13. The van der Waals surface area contributed by atoms with Crippen molar-refractivity contribution in [1.82, 2.24) is 0 Å². The number of carbonyl (C=O) groups excluding carboxylic acids is 1. The van der Waals surface area contributed by atoms with Crippen molar-refractivity contribution in [2.24, 2.45) is 0 Å². The summed E-state index contributed by atoms with van der Waals surface area (Å²) in [4.78, 5) is 11.7. The van der Waals surface area contributed by atoms with Gasteiger partial charge in [-0.05, 0) is 24.0 Å². The third kappa shape index (κ3) is 3.08. The van der Waals surface area contributed by atoms with E-state index in [2.05, 4.69) is 13.8 Å². The number of benzene rings is 1. The molecule has 1 aromatic rings. The standard InChI is InChI=1S/C13H18O2/c1-4-9-15-13(14)12-8-6-5-7-11(12)10(2)3/h5-8,10H,4,9H2,1-3H3. The Kier molecular flexibility index (Phi) is 4.35. The average Bonchev–Trinajstić information content (AvgIpc) is 2.25. The zero-order valence-corrected chi connectivity index (χ0v) is 9.62. The van der Waals surface area contributed by atoms with Gasteiger partial charge < -0.3 is 4.74 Å². The lowest BCUT2D eigenvalue weighted by molar-refractivity contribution is 0.0503. The Morgan fingerprint density at radius 2 is 2.00 bits per heavy atom. The average molecular weight is 206 g/mol. The molecular formula is C13H18O2. The second-order valence-electron chi connectivity index (χ2n) is 3.88. The highest BCUT2D eigenvalue weighted by molar-refractivity contribution is 5.91. The third-order valence-corrected chi connectivity index (χ3v) is 2.24. The molecule has 0 N–H and O–H groups in total. The van der Waals surface area contributed by atoms with Gasteiger partial charge in [0.2, 0.25) is 0 Å². The summed E-state index contributed by atoms with van der Waals surface area (Å²) in [6.07, 6.45) is 0.857. The second kappa shape index (κ2) is 5.54. The van der Waals surface area contributed by atoms with Crippen LogP contribution in [-0.2, 0) is 4.74 Å². The minimum atomic E-state index is -0.207. The Bertz CT molecular complexity index is 329. The van der Waals surface area contributed by atoms with Crippen molar-refractivity contribution in [1.29, 1.82) is 0 Å². The second-order valence-corrected chi connectivity index (χ2v) is 3.88. The van der Waals surface area contributed by atoms with Gasteiger partial charge in [0.05, 0.1) is 12.2 Å². The van der Waals surface area contributed by atoms with Crippen molar-refractivity contribution in [3.05, 3.63) is 35.4 Å². The van der Waals surface area contributed by atoms with E-state index in [0.717, 1.165) is 12.0 Å². The van der Waals surface area contributed by atoms with Gasteiger partial charge in [0.25, 0.3) is 0 Å². The predicted molar refractivity (Wildman–Crippen MR) is 61.1 cm³/mol. The smallest absolute Gasteiger partial charge is 0.338 e. The van der Waals surface area contributed by atoms with Crippen LogP contribution >= 0.6 is 0 Å². The van der Waals surface area contributed by atoms with Gasteiger partial charge in [0, 0.05) is 0 Å².